The van der Waals surface area contributed by atoms with Crippen molar-refractivity contribution in [3.05, 3.63) is 60.8 Å². The molecule has 0 fully saturated rings. The van der Waals surface area contributed by atoms with Gasteiger partial charge in [0.1, 0.15) is 6.54 Å². The van der Waals surface area contributed by atoms with Gasteiger partial charge in [-0.2, -0.15) is 0 Å². The SMILES string of the molecule is CCCCCCCCCCCC=CC=CC=CC=CC=CC(=O)C(O)(CC(=O)O)C[N+](C)(C)C. The zero-order chi connectivity index (χ0) is 25.7. The predicted octanol–water partition coefficient (Wildman–Crippen LogP) is 6.17. The fourth-order valence-corrected chi connectivity index (χ4v) is 3.69. The summed E-state index contributed by atoms with van der Waals surface area (Å²) >= 11 is 0. The molecule has 0 spiro atoms. The standard InChI is InChI=1S/C29H47NO4/c1-5-6-7-8-9-10-11-12-13-14-15-16-17-18-19-20-21-22-23-24-27(31)29(34,25-28(32)33)26-30(2,3)4/h15-24,34H,5-14,25-26H2,1-4H3/p+1. The van der Waals surface area contributed by atoms with Crippen molar-refractivity contribution in [3.63, 3.8) is 0 Å². The number of hydrogen-bond donors (Lipinski definition) is 2. The zero-order valence-corrected chi connectivity index (χ0v) is 21.9. The Bertz CT molecular complexity index is 710. The summed E-state index contributed by atoms with van der Waals surface area (Å²) in [5.74, 6) is -1.81. The fraction of sp³-hybridized carbons (Fsp3) is 0.586. The molecule has 5 heteroatoms. The van der Waals surface area contributed by atoms with Crippen molar-refractivity contribution in [2.24, 2.45) is 0 Å². The van der Waals surface area contributed by atoms with Crippen LogP contribution in [-0.4, -0.2) is 59.7 Å². The van der Waals surface area contributed by atoms with Crippen molar-refractivity contribution in [1.29, 1.82) is 0 Å². The molecule has 0 bridgehead atoms. The summed E-state index contributed by atoms with van der Waals surface area (Å²) in [7, 11) is 5.40. The van der Waals surface area contributed by atoms with Crippen LogP contribution in [0.25, 0.3) is 0 Å². The number of quaternary nitrogens is 1. The first-order valence-electron chi connectivity index (χ1n) is 12.7. The van der Waals surface area contributed by atoms with E-state index in [1.165, 1.54) is 69.9 Å². The minimum atomic E-state index is -1.92. The van der Waals surface area contributed by atoms with Crippen molar-refractivity contribution in [2.75, 3.05) is 27.7 Å². The number of aliphatic hydroxyl groups is 1. The minimum Gasteiger partial charge on any atom is -0.481 e. The molecular formula is C29H48NO4+. The Balaban J connectivity index is 4.16. The van der Waals surface area contributed by atoms with Crippen molar-refractivity contribution >= 4 is 11.8 Å². The van der Waals surface area contributed by atoms with Crippen LogP contribution in [0.15, 0.2) is 60.8 Å². The van der Waals surface area contributed by atoms with Crippen LogP contribution < -0.4 is 0 Å². The van der Waals surface area contributed by atoms with Crippen LogP contribution in [0.1, 0.15) is 77.6 Å². The van der Waals surface area contributed by atoms with E-state index in [0.717, 1.165) is 6.42 Å². The highest BCUT2D eigenvalue weighted by Crippen LogP contribution is 2.17. The quantitative estimate of drug-likeness (QED) is 0.0958. The Hall–Kier alpha value is -2.24. The van der Waals surface area contributed by atoms with E-state index in [9.17, 15) is 14.7 Å². The van der Waals surface area contributed by atoms with E-state index >= 15 is 0 Å². The van der Waals surface area contributed by atoms with Crippen molar-refractivity contribution in [2.45, 2.75) is 83.2 Å². The summed E-state index contributed by atoms with van der Waals surface area (Å²) in [6, 6.07) is 0. The summed E-state index contributed by atoms with van der Waals surface area (Å²) in [6.45, 7) is 2.27. The molecule has 1 unspecified atom stereocenters. The predicted molar refractivity (Wildman–Crippen MR) is 143 cm³/mol. The number of hydrogen-bond acceptors (Lipinski definition) is 3. The number of unbranched alkanes of at least 4 members (excludes halogenated alkanes) is 9. The molecule has 0 aromatic heterocycles. The van der Waals surface area contributed by atoms with Gasteiger partial charge in [0.25, 0.3) is 0 Å². The van der Waals surface area contributed by atoms with E-state index < -0.39 is 23.8 Å². The van der Waals surface area contributed by atoms with Crippen molar-refractivity contribution < 1.29 is 24.3 Å². The number of ketones is 1. The van der Waals surface area contributed by atoms with Gasteiger partial charge in [0, 0.05) is 0 Å². The molecule has 0 saturated carbocycles. The maximum atomic E-state index is 12.4. The molecule has 34 heavy (non-hydrogen) atoms. The second-order valence-electron chi connectivity index (χ2n) is 9.97. The number of rotatable bonds is 20. The Labute approximate surface area is 207 Å². The number of carbonyl (C=O) groups is 2. The largest absolute Gasteiger partial charge is 0.481 e. The van der Waals surface area contributed by atoms with Crippen LogP contribution in [0.2, 0.25) is 0 Å². The molecule has 0 radical (unpaired) electrons. The average molecular weight is 475 g/mol. The van der Waals surface area contributed by atoms with E-state index in [-0.39, 0.29) is 11.0 Å². The molecule has 192 valence electrons. The first-order chi connectivity index (χ1) is 16.1. The first kappa shape index (κ1) is 31.8. The van der Waals surface area contributed by atoms with Crippen LogP contribution in [0.4, 0.5) is 0 Å². The molecule has 0 saturated heterocycles. The normalized spacial score (nSPS) is 14.9. The molecular weight excluding hydrogens is 426 g/mol. The van der Waals surface area contributed by atoms with E-state index in [1.807, 2.05) is 24.3 Å². The van der Waals surface area contributed by atoms with E-state index in [2.05, 4.69) is 19.1 Å². The summed E-state index contributed by atoms with van der Waals surface area (Å²) in [4.78, 5) is 23.5. The second kappa shape index (κ2) is 19.1. The van der Waals surface area contributed by atoms with Gasteiger partial charge in [-0.05, 0) is 18.9 Å². The fourth-order valence-electron chi connectivity index (χ4n) is 3.69. The van der Waals surface area contributed by atoms with Crippen LogP contribution in [0.5, 0.6) is 0 Å². The number of carbonyl (C=O) groups excluding carboxylic acids is 1. The summed E-state index contributed by atoms with van der Waals surface area (Å²) in [6.07, 6.45) is 30.8. The van der Waals surface area contributed by atoms with Crippen molar-refractivity contribution in [1.82, 2.24) is 0 Å². The maximum Gasteiger partial charge on any atom is 0.307 e. The summed E-state index contributed by atoms with van der Waals surface area (Å²) in [5, 5.41) is 19.6. The highest BCUT2D eigenvalue weighted by molar-refractivity contribution is 5.99. The third kappa shape index (κ3) is 19.2. The topological polar surface area (TPSA) is 74.6 Å². The molecule has 0 heterocycles. The van der Waals surface area contributed by atoms with Crippen LogP contribution >= 0.6 is 0 Å². The average Bonchev–Trinajstić information content (AvgIpc) is 2.73. The van der Waals surface area contributed by atoms with Gasteiger partial charge in [-0.3, -0.25) is 9.59 Å². The first-order valence-corrected chi connectivity index (χ1v) is 12.7. The molecule has 2 N–H and O–H groups in total. The van der Waals surface area contributed by atoms with Gasteiger partial charge in [0.2, 0.25) is 0 Å². The monoisotopic (exact) mass is 474 g/mol. The lowest BCUT2D eigenvalue weighted by molar-refractivity contribution is -0.875. The molecule has 0 amide bonds. The van der Waals surface area contributed by atoms with Gasteiger partial charge in [-0.1, -0.05) is 113 Å². The van der Waals surface area contributed by atoms with Gasteiger partial charge in [-0.15, -0.1) is 0 Å². The lowest BCUT2D eigenvalue weighted by Gasteiger charge is -2.33. The molecule has 0 aliphatic heterocycles. The number of carboxylic acid groups (broad SMARTS) is 1. The molecule has 1 atom stereocenters. The molecule has 0 aliphatic carbocycles. The summed E-state index contributed by atoms with van der Waals surface area (Å²) in [5.41, 5.74) is -1.92. The highest BCUT2D eigenvalue weighted by Gasteiger charge is 2.41. The Morgan fingerprint density at radius 2 is 1.21 bits per heavy atom. The molecule has 0 aromatic rings. The van der Waals surface area contributed by atoms with Gasteiger partial charge < -0.3 is 14.7 Å². The van der Waals surface area contributed by atoms with E-state index in [4.69, 9.17) is 5.11 Å². The van der Waals surface area contributed by atoms with Gasteiger partial charge in [0.15, 0.2) is 11.4 Å². The third-order valence-electron chi connectivity index (χ3n) is 5.27. The van der Waals surface area contributed by atoms with Gasteiger partial charge in [0.05, 0.1) is 27.6 Å². The smallest absolute Gasteiger partial charge is 0.307 e. The zero-order valence-electron chi connectivity index (χ0n) is 21.9. The van der Waals surface area contributed by atoms with Crippen LogP contribution in [0.3, 0.4) is 0 Å². The van der Waals surface area contributed by atoms with Crippen LogP contribution in [0, 0.1) is 0 Å². The number of likely N-dealkylation sites (N-methyl/N-ethyl adjacent to an activating group) is 1. The number of allylic oxidation sites excluding steroid dienone is 9. The maximum absolute atomic E-state index is 12.4. The molecule has 5 nitrogen and oxygen atoms in total. The Kier molecular flexibility index (Phi) is 17.8. The number of nitrogens with zero attached hydrogens (tertiary/aromatic N) is 1. The lowest BCUT2D eigenvalue weighted by Crippen LogP contribution is -2.54. The number of aliphatic carboxylic acids is 1. The van der Waals surface area contributed by atoms with Gasteiger partial charge >= 0.3 is 5.97 Å². The van der Waals surface area contributed by atoms with E-state index in [1.54, 1.807) is 33.3 Å². The highest BCUT2D eigenvalue weighted by atomic mass is 16.4. The Morgan fingerprint density at radius 3 is 1.71 bits per heavy atom. The molecule has 0 aromatic carbocycles. The van der Waals surface area contributed by atoms with E-state index in [0.29, 0.717) is 0 Å². The third-order valence-corrected chi connectivity index (χ3v) is 5.27. The van der Waals surface area contributed by atoms with Crippen molar-refractivity contribution in [3.8, 4) is 0 Å². The summed E-state index contributed by atoms with van der Waals surface area (Å²) < 4.78 is 0.280. The lowest BCUT2D eigenvalue weighted by atomic mass is 9.92. The molecule has 0 aliphatic rings. The second-order valence-corrected chi connectivity index (χ2v) is 9.97. The van der Waals surface area contributed by atoms with Gasteiger partial charge in [-0.25, -0.2) is 0 Å². The Morgan fingerprint density at radius 1 is 0.735 bits per heavy atom. The minimum absolute atomic E-state index is 0.0174. The van der Waals surface area contributed by atoms with Crippen LogP contribution in [-0.2, 0) is 9.59 Å². The molecule has 0 rings (SSSR count). The number of carboxylic acids is 1.